The summed E-state index contributed by atoms with van der Waals surface area (Å²) in [5.74, 6) is 0.437. The summed E-state index contributed by atoms with van der Waals surface area (Å²) in [6, 6.07) is 20.8. The van der Waals surface area contributed by atoms with Gasteiger partial charge in [-0.1, -0.05) is 63.2 Å². The Kier molecular flexibility index (Phi) is 7.40. The topological polar surface area (TPSA) is 41.6 Å². The van der Waals surface area contributed by atoms with Crippen LogP contribution in [-0.2, 0) is 11.2 Å². The lowest BCUT2D eigenvalue weighted by Crippen LogP contribution is -2.39. The minimum atomic E-state index is -0.0627. The molecule has 0 spiro atoms. The van der Waals surface area contributed by atoms with E-state index in [4.69, 9.17) is 4.74 Å². The van der Waals surface area contributed by atoms with E-state index in [1.54, 1.807) is 11.3 Å². The number of ether oxygens (including phenoxy) is 1. The zero-order valence-electron chi connectivity index (χ0n) is 19.1. The van der Waals surface area contributed by atoms with Gasteiger partial charge in [-0.15, -0.1) is 11.3 Å². The van der Waals surface area contributed by atoms with Crippen LogP contribution in [0.4, 0.5) is 5.00 Å². The van der Waals surface area contributed by atoms with E-state index < -0.39 is 0 Å². The van der Waals surface area contributed by atoms with Crippen LogP contribution >= 0.6 is 11.3 Å². The lowest BCUT2D eigenvalue weighted by atomic mass is 9.94. The molecule has 1 amide bonds. The number of nitrogens with one attached hydrogen (secondary N) is 1. The van der Waals surface area contributed by atoms with Crippen LogP contribution in [-0.4, -0.2) is 37.1 Å². The molecule has 2 heterocycles. The number of amides is 1. The molecule has 1 fully saturated rings. The molecule has 0 bridgehead atoms. The second kappa shape index (κ2) is 10.4. The summed E-state index contributed by atoms with van der Waals surface area (Å²) in [7, 11) is 0. The van der Waals surface area contributed by atoms with Crippen LogP contribution in [0, 0.1) is 0 Å². The second-order valence-corrected chi connectivity index (χ2v) is 9.68. The molecule has 2 aromatic carbocycles. The fourth-order valence-corrected chi connectivity index (χ4v) is 5.21. The van der Waals surface area contributed by atoms with E-state index in [0.29, 0.717) is 11.5 Å². The van der Waals surface area contributed by atoms with Gasteiger partial charge in [0.2, 0.25) is 0 Å². The second-order valence-electron chi connectivity index (χ2n) is 8.54. The minimum Gasteiger partial charge on any atom is -0.379 e. The summed E-state index contributed by atoms with van der Waals surface area (Å²) >= 11 is 1.69. The molecule has 32 heavy (non-hydrogen) atoms. The molecule has 1 aliphatic rings. The van der Waals surface area contributed by atoms with Crippen molar-refractivity contribution < 1.29 is 9.53 Å². The van der Waals surface area contributed by atoms with E-state index in [1.165, 1.54) is 21.6 Å². The number of thiophene rings is 1. The van der Waals surface area contributed by atoms with Crippen molar-refractivity contribution in [3.63, 3.8) is 0 Å². The van der Waals surface area contributed by atoms with E-state index in [2.05, 4.69) is 61.3 Å². The van der Waals surface area contributed by atoms with Crippen molar-refractivity contribution in [2.24, 2.45) is 0 Å². The number of carbonyl (C=O) groups is 1. The Morgan fingerprint density at radius 1 is 1.03 bits per heavy atom. The van der Waals surface area contributed by atoms with Crippen molar-refractivity contribution in [1.82, 2.24) is 4.90 Å². The third kappa shape index (κ3) is 5.12. The molecule has 5 heteroatoms. The van der Waals surface area contributed by atoms with Gasteiger partial charge in [-0.2, -0.15) is 0 Å². The SMILES string of the molecule is CCc1cc(C(c2ccc(C(C)C)cc2)N2CCOCC2)c(NC(=O)c2ccccc2)s1. The molecule has 0 saturated carbocycles. The van der Waals surface area contributed by atoms with Crippen LogP contribution in [0.2, 0.25) is 0 Å². The molecular formula is C27H32N2O2S. The van der Waals surface area contributed by atoms with Crippen LogP contribution in [0.5, 0.6) is 0 Å². The van der Waals surface area contributed by atoms with Crippen molar-refractivity contribution in [2.75, 3.05) is 31.6 Å². The first-order valence-electron chi connectivity index (χ1n) is 11.5. The molecule has 0 radical (unpaired) electrons. The number of carbonyl (C=O) groups excluding carboxylic acids is 1. The fourth-order valence-electron chi connectivity index (χ4n) is 4.18. The van der Waals surface area contributed by atoms with Crippen LogP contribution in [0.25, 0.3) is 0 Å². The molecule has 1 saturated heterocycles. The summed E-state index contributed by atoms with van der Waals surface area (Å²) in [6.45, 7) is 9.82. The maximum atomic E-state index is 13.0. The standard InChI is InChI=1S/C27H32N2O2S/c1-4-23-18-24(27(32-23)28-26(30)22-8-6-5-7-9-22)25(29-14-16-31-17-15-29)21-12-10-20(11-13-21)19(2)3/h5-13,18-19,25H,4,14-17H2,1-3H3,(H,28,30). The highest BCUT2D eigenvalue weighted by Crippen LogP contribution is 2.40. The number of benzene rings is 2. The number of hydrogen-bond donors (Lipinski definition) is 1. The predicted molar refractivity (Wildman–Crippen MR) is 133 cm³/mol. The Morgan fingerprint density at radius 3 is 2.31 bits per heavy atom. The molecule has 3 aromatic rings. The summed E-state index contributed by atoms with van der Waals surface area (Å²) in [5, 5.41) is 4.17. The van der Waals surface area contributed by atoms with Crippen LogP contribution in [0.3, 0.4) is 0 Å². The van der Waals surface area contributed by atoms with Gasteiger partial charge in [0, 0.05) is 29.1 Å². The molecule has 4 rings (SSSR count). The Morgan fingerprint density at radius 2 is 1.69 bits per heavy atom. The molecule has 1 N–H and O–H groups in total. The normalized spacial score (nSPS) is 15.6. The van der Waals surface area contributed by atoms with Crippen molar-refractivity contribution in [3.8, 4) is 0 Å². The summed E-state index contributed by atoms with van der Waals surface area (Å²) in [5.41, 5.74) is 4.45. The molecule has 1 unspecified atom stereocenters. The van der Waals surface area contributed by atoms with E-state index in [0.717, 1.165) is 37.7 Å². The summed E-state index contributed by atoms with van der Waals surface area (Å²) in [4.78, 5) is 16.7. The van der Waals surface area contributed by atoms with Gasteiger partial charge in [-0.25, -0.2) is 0 Å². The number of nitrogens with zero attached hydrogens (tertiary/aromatic N) is 1. The van der Waals surface area contributed by atoms with E-state index in [9.17, 15) is 4.79 Å². The highest BCUT2D eigenvalue weighted by atomic mass is 32.1. The maximum absolute atomic E-state index is 13.0. The third-order valence-electron chi connectivity index (χ3n) is 6.05. The quantitative estimate of drug-likeness (QED) is 0.474. The van der Waals surface area contributed by atoms with Crippen molar-refractivity contribution in [3.05, 3.63) is 87.8 Å². The fraction of sp³-hybridized carbons (Fsp3) is 0.370. The minimum absolute atomic E-state index is 0.0627. The largest absolute Gasteiger partial charge is 0.379 e. The van der Waals surface area contributed by atoms with Gasteiger partial charge in [-0.05, 0) is 41.7 Å². The summed E-state index contributed by atoms with van der Waals surface area (Å²) in [6.07, 6.45) is 0.945. The van der Waals surface area contributed by atoms with Gasteiger partial charge in [0.15, 0.2) is 0 Å². The Hall–Kier alpha value is -2.47. The lowest BCUT2D eigenvalue weighted by molar-refractivity contribution is 0.0241. The lowest BCUT2D eigenvalue weighted by Gasteiger charge is -2.35. The molecule has 1 atom stereocenters. The average Bonchev–Trinajstić information content (AvgIpc) is 3.23. The third-order valence-corrected chi connectivity index (χ3v) is 7.26. The van der Waals surface area contributed by atoms with Gasteiger partial charge in [0.25, 0.3) is 5.91 Å². The highest BCUT2D eigenvalue weighted by Gasteiger charge is 2.28. The molecule has 168 valence electrons. The number of aryl methyl sites for hydroxylation is 1. The number of hydrogen-bond acceptors (Lipinski definition) is 4. The van der Waals surface area contributed by atoms with Crippen molar-refractivity contribution in [2.45, 2.75) is 39.2 Å². The van der Waals surface area contributed by atoms with Crippen LogP contribution in [0.1, 0.15) is 64.7 Å². The first-order valence-corrected chi connectivity index (χ1v) is 12.3. The zero-order valence-corrected chi connectivity index (χ0v) is 20.0. The van der Waals surface area contributed by atoms with Gasteiger partial charge in [-0.3, -0.25) is 9.69 Å². The average molecular weight is 449 g/mol. The Bertz CT molecular complexity index is 1020. The van der Waals surface area contributed by atoms with Gasteiger partial charge in [0.05, 0.1) is 19.3 Å². The predicted octanol–water partition coefficient (Wildman–Crippen LogP) is 6.11. The molecular weight excluding hydrogens is 416 g/mol. The van der Waals surface area contributed by atoms with E-state index >= 15 is 0 Å². The van der Waals surface area contributed by atoms with Gasteiger partial charge < -0.3 is 10.1 Å². The number of morpholine rings is 1. The first-order chi connectivity index (χ1) is 15.6. The van der Waals surface area contributed by atoms with Crippen LogP contribution in [0.15, 0.2) is 60.7 Å². The number of rotatable bonds is 7. The molecule has 1 aliphatic heterocycles. The number of anilines is 1. The molecule has 4 nitrogen and oxygen atoms in total. The van der Waals surface area contributed by atoms with E-state index in [-0.39, 0.29) is 11.9 Å². The Labute approximate surface area is 195 Å². The Balaban J connectivity index is 1.73. The van der Waals surface area contributed by atoms with Gasteiger partial charge in [0.1, 0.15) is 5.00 Å². The molecule has 0 aliphatic carbocycles. The van der Waals surface area contributed by atoms with Crippen molar-refractivity contribution in [1.29, 1.82) is 0 Å². The smallest absolute Gasteiger partial charge is 0.256 e. The zero-order chi connectivity index (χ0) is 22.5. The monoisotopic (exact) mass is 448 g/mol. The van der Waals surface area contributed by atoms with Crippen LogP contribution < -0.4 is 5.32 Å². The maximum Gasteiger partial charge on any atom is 0.256 e. The van der Waals surface area contributed by atoms with Crippen molar-refractivity contribution >= 4 is 22.2 Å². The van der Waals surface area contributed by atoms with Gasteiger partial charge >= 0.3 is 0 Å². The first kappa shape index (κ1) is 22.7. The summed E-state index contributed by atoms with van der Waals surface area (Å²) < 4.78 is 5.64. The van der Waals surface area contributed by atoms with E-state index in [1.807, 2.05) is 30.3 Å². The molecule has 1 aromatic heterocycles. The highest BCUT2D eigenvalue weighted by molar-refractivity contribution is 7.16.